The summed E-state index contributed by atoms with van der Waals surface area (Å²) in [4.78, 5) is 0. The SMILES string of the molecule is CC(C)/C(=C\CCCN)c1ccccc1. The van der Waals surface area contributed by atoms with E-state index in [1.165, 1.54) is 11.1 Å². The first-order chi connectivity index (χ1) is 7.25. The molecular formula is C14H21N. The predicted molar refractivity (Wildman–Crippen MR) is 67.5 cm³/mol. The smallest absolute Gasteiger partial charge is 0.00743 e. The maximum Gasteiger partial charge on any atom is -0.00743 e. The molecule has 0 atom stereocenters. The van der Waals surface area contributed by atoms with E-state index in [1.54, 1.807) is 0 Å². The lowest BCUT2D eigenvalue weighted by Crippen LogP contribution is -1.98. The number of allylic oxidation sites excluding steroid dienone is 2. The average Bonchev–Trinajstić information content (AvgIpc) is 2.25. The first-order valence-corrected chi connectivity index (χ1v) is 5.71. The number of nitrogens with two attached hydrogens (primary N) is 1. The summed E-state index contributed by atoms with van der Waals surface area (Å²) < 4.78 is 0. The first-order valence-electron chi connectivity index (χ1n) is 5.71. The van der Waals surface area contributed by atoms with Crippen molar-refractivity contribution >= 4 is 5.57 Å². The minimum Gasteiger partial charge on any atom is -0.330 e. The Kier molecular flexibility index (Phi) is 5.13. The number of hydrogen-bond donors (Lipinski definition) is 1. The van der Waals surface area contributed by atoms with E-state index in [4.69, 9.17) is 5.73 Å². The summed E-state index contributed by atoms with van der Waals surface area (Å²) in [7, 11) is 0. The van der Waals surface area contributed by atoms with Crippen molar-refractivity contribution in [2.24, 2.45) is 11.7 Å². The van der Waals surface area contributed by atoms with Crippen LogP contribution in [0.25, 0.3) is 5.57 Å². The molecule has 0 aliphatic carbocycles. The molecule has 0 unspecified atom stereocenters. The molecular weight excluding hydrogens is 182 g/mol. The molecule has 1 aromatic carbocycles. The summed E-state index contributed by atoms with van der Waals surface area (Å²) in [6, 6.07) is 10.6. The molecule has 0 amide bonds. The zero-order chi connectivity index (χ0) is 11.1. The Morgan fingerprint density at radius 3 is 2.47 bits per heavy atom. The van der Waals surface area contributed by atoms with Gasteiger partial charge in [-0.3, -0.25) is 0 Å². The molecule has 0 heterocycles. The van der Waals surface area contributed by atoms with Gasteiger partial charge in [-0.25, -0.2) is 0 Å². The number of unbranched alkanes of at least 4 members (excludes halogenated alkanes) is 1. The normalized spacial score (nSPS) is 12.1. The summed E-state index contributed by atoms with van der Waals surface area (Å²) in [5, 5.41) is 0. The van der Waals surface area contributed by atoms with Crippen LogP contribution in [0.4, 0.5) is 0 Å². The van der Waals surface area contributed by atoms with Gasteiger partial charge in [0.05, 0.1) is 0 Å². The van der Waals surface area contributed by atoms with Crippen molar-refractivity contribution in [3.05, 3.63) is 42.0 Å². The van der Waals surface area contributed by atoms with Gasteiger partial charge in [-0.2, -0.15) is 0 Å². The summed E-state index contributed by atoms with van der Waals surface area (Å²) >= 11 is 0. The number of hydrogen-bond acceptors (Lipinski definition) is 1. The minimum atomic E-state index is 0.574. The van der Waals surface area contributed by atoms with Crippen LogP contribution in [-0.4, -0.2) is 6.54 Å². The number of rotatable bonds is 5. The number of benzene rings is 1. The second-order valence-electron chi connectivity index (χ2n) is 4.11. The maximum absolute atomic E-state index is 5.50. The molecule has 0 aliphatic heterocycles. The van der Waals surface area contributed by atoms with E-state index in [0.29, 0.717) is 5.92 Å². The van der Waals surface area contributed by atoms with Gasteiger partial charge in [-0.05, 0) is 36.4 Å². The molecule has 15 heavy (non-hydrogen) atoms. The first kappa shape index (κ1) is 12.0. The largest absolute Gasteiger partial charge is 0.330 e. The third kappa shape index (κ3) is 3.88. The van der Waals surface area contributed by atoms with E-state index in [9.17, 15) is 0 Å². The Labute approximate surface area is 93.0 Å². The lowest BCUT2D eigenvalue weighted by atomic mass is 9.94. The fourth-order valence-corrected chi connectivity index (χ4v) is 1.69. The van der Waals surface area contributed by atoms with Gasteiger partial charge < -0.3 is 5.73 Å². The third-order valence-electron chi connectivity index (χ3n) is 2.50. The van der Waals surface area contributed by atoms with Gasteiger partial charge in [0.15, 0.2) is 0 Å². The van der Waals surface area contributed by atoms with Crippen LogP contribution in [0.2, 0.25) is 0 Å². The van der Waals surface area contributed by atoms with Crippen LogP contribution >= 0.6 is 0 Å². The van der Waals surface area contributed by atoms with E-state index in [0.717, 1.165) is 19.4 Å². The van der Waals surface area contributed by atoms with Crippen LogP contribution in [-0.2, 0) is 0 Å². The van der Waals surface area contributed by atoms with Crippen LogP contribution in [0.5, 0.6) is 0 Å². The van der Waals surface area contributed by atoms with Gasteiger partial charge in [-0.1, -0.05) is 50.3 Å². The fourth-order valence-electron chi connectivity index (χ4n) is 1.69. The van der Waals surface area contributed by atoms with Crippen LogP contribution in [0.15, 0.2) is 36.4 Å². The summed E-state index contributed by atoms with van der Waals surface area (Å²) in [5.74, 6) is 0.574. The van der Waals surface area contributed by atoms with Gasteiger partial charge in [0, 0.05) is 0 Å². The molecule has 0 aliphatic rings. The Morgan fingerprint density at radius 1 is 1.27 bits per heavy atom. The average molecular weight is 203 g/mol. The molecule has 0 aromatic heterocycles. The summed E-state index contributed by atoms with van der Waals surface area (Å²) in [5.41, 5.74) is 8.27. The van der Waals surface area contributed by atoms with Gasteiger partial charge >= 0.3 is 0 Å². The highest BCUT2D eigenvalue weighted by molar-refractivity contribution is 5.66. The van der Waals surface area contributed by atoms with Gasteiger partial charge in [-0.15, -0.1) is 0 Å². The minimum absolute atomic E-state index is 0.574. The highest BCUT2D eigenvalue weighted by Gasteiger charge is 2.04. The fraction of sp³-hybridized carbons (Fsp3) is 0.429. The monoisotopic (exact) mass is 203 g/mol. The Bertz CT molecular complexity index is 298. The molecule has 1 rings (SSSR count). The van der Waals surface area contributed by atoms with Crippen molar-refractivity contribution in [3.63, 3.8) is 0 Å². The van der Waals surface area contributed by atoms with Crippen molar-refractivity contribution < 1.29 is 0 Å². The molecule has 0 saturated carbocycles. The lowest BCUT2D eigenvalue weighted by molar-refractivity contribution is 0.824. The Morgan fingerprint density at radius 2 is 1.93 bits per heavy atom. The third-order valence-corrected chi connectivity index (χ3v) is 2.50. The van der Waals surface area contributed by atoms with Crippen molar-refractivity contribution in [1.29, 1.82) is 0 Å². The highest BCUT2D eigenvalue weighted by Crippen LogP contribution is 2.23. The summed E-state index contributed by atoms with van der Waals surface area (Å²) in [6.07, 6.45) is 4.48. The highest BCUT2D eigenvalue weighted by atomic mass is 14.5. The van der Waals surface area contributed by atoms with Crippen molar-refractivity contribution in [2.45, 2.75) is 26.7 Å². The molecule has 0 spiro atoms. The molecule has 0 radical (unpaired) electrons. The molecule has 1 aromatic rings. The van der Waals surface area contributed by atoms with E-state index in [2.05, 4.69) is 50.3 Å². The Hall–Kier alpha value is -1.08. The van der Waals surface area contributed by atoms with Crippen LogP contribution in [0, 0.1) is 5.92 Å². The van der Waals surface area contributed by atoms with E-state index >= 15 is 0 Å². The Balaban J connectivity index is 2.79. The zero-order valence-electron chi connectivity index (χ0n) is 9.74. The van der Waals surface area contributed by atoms with E-state index < -0.39 is 0 Å². The van der Waals surface area contributed by atoms with Gasteiger partial charge in [0.1, 0.15) is 0 Å². The van der Waals surface area contributed by atoms with E-state index in [1.807, 2.05) is 0 Å². The molecule has 1 heteroatoms. The lowest BCUT2D eigenvalue weighted by Gasteiger charge is -2.11. The maximum atomic E-state index is 5.50. The van der Waals surface area contributed by atoms with Crippen molar-refractivity contribution in [2.75, 3.05) is 6.54 Å². The zero-order valence-corrected chi connectivity index (χ0v) is 9.74. The summed E-state index contributed by atoms with van der Waals surface area (Å²) in [6.45, 7) is 5.25. The predicted octanol–water partition coefficient (Wildman–Crippen LogP) is 3.46. The van der Waals surface area contributed by atoms with Crippen LogP contribution in [0.3, 0.4) is 0 Å². The quantitative estimate of drug-likeness (QED) is 0.729. The van der Waals surface area contributed by atoms with Crippen LogP contribution in [0.1, 0.15) is 32.3 Å². The molecule has 2 N–H and O–H groups in total. The topological polar surface area (TPSA) is 26.0 Å². The van der Waals surface area contributed by atoms with Crippen molar-refractivity contribution in [3.8, 4) is 0 Å². The van der Waals surface area contributed by atoms with Crippen molar-refractivity contribution in [1.82, 2.24) is 0 Å². The second-order valence-corrected chi connectivity index (χ2v) is 4.11. The van der Waals surface area contributed by atoms with Crippen LogP contribution < -0.4 is 5.73 Å². The standard InChI is InChI=1S/C14H21N/c1-12(2)14(10-6-7-11-15)13-8-4-3-5-9-13/h3-5,8-10,12H,6-7,11,15H2,1-2H3/b14-10+. The molecule has 0 saturated heterocycles. The molecule has 82 valence electrons. The molecule has 0 bridgehead atoms. The van der Waals surface area contributed by atoms with E-state index in [-0.39, 0.29) is 0 Å². The van der Waals surface area contributed by atoms with Gasteiger partial charge in [0.25, 0.3) is 0 Å². The van der Waals surface area contributed by atoms with Gasteiger partial charge in [0.2, 0.25) is 0 Å². The second kappa shape index (κ2) is 6.41. The molecule has 0 fully saturated rings. The molecule has 1 nitrogen and oxygen atoms in total.